The van der Waals surface area contributed by atoms with Crippen LogP contribution in [-0.4, -0.2) is 87.8 Å². The Morgan fingerprint density at radius 3 is 2.20 bits per heavy atom. The monoisotopic (exact) mass is 731 g/mol. The number of aryl methyl sites for hydroxylation is 1. The Morgan fingerprint density at radius 1 is 0.833 bits per heavy atom. The quantitative estimate of drug-likeness (QED) is 0.175. The first kappa shape index (κ1) is 35.8. The Labute approximate surface area is 315 Å². The minimum absolute atomic E-state index is 0.0261. The number of nitrogens with zero attached hydrogens (tertiary/aromatic N) is 7. The van der Waals surface area contributed by atoms with Gasteiger partial charge in [0.2, 0.25) is 17.8 Å². The third-order valence-electron chi connectivity index (χ3n) is 12.0. The first-order chi connectivity index (χ1) is 26.2. The molecule has 4 fully saturated rings. The van der Waals surface area contributed by atoms with Crippen LogP contribution in [0.15, 0.2) is 53.6 Å². The largest absolute Gasteiger partial charge is 0.370 e. The van der Waals surface area contributed by atoms with Crippen LogP contribution in [0.1, 0.15) is 91.7 Å². The molecule has 0 bridgehead atoms. The molecule has 8 rings (SSSR count). The standard InChI is InChI=1S/C41H49N9O4/c1-26-34-24-43-41(46-38(34)50(31-5-3-4-6-31)40(54)37(26)27(2)51)44-35-13-11-32(23-42-35)48-17-15-28(16-18-48)25-47-19-21-49(22-20-47)30-9-7-29(8-10-30)33-12-14-36(52)45-39(33)53/h7-11,13,23-24,28,31,33H,3-6,12,14-22,25H2,1-2H3,(H,45,52,53)(H,42,43,44,46). The number of hydrogen-bond donors (Lipinski definition) is 2. The van der Waals surface area contributed by atoms with E-state index in [4.69, 9.17) is 9.97 Å². The van der Waals surface area contributed by atoms with Crippen molar-refractivity contribution >= 4 is 51.8 Å². The molecule has 13 heteroatoms. The first-order valence-electron chi connectivity index (χ1n) is 19.5. The average molecular weight is 732 g/mol. The fraction of sp³-hybridized carbons (Fsp3) is 0.488. The maximum Gasteiger partial charge on any atom is 0.263 e. The van der Waals surface area contributed by atoms with Crippen molar-refractivity contribution in [2.75, 3.05) is 60.9 Å². The summed E-state index contributed by atoms with van der Waals surface area (Å²) in [5.74, 6) is 0.813. The van der Waals surface area contributed by atoms with Gasteiger partial charge in [0.25, 0.3) is 5.56 Å². The number of hydrogen-bond acceptors (Lipinski definition) is 11. The molecule has 54 heavy (non-hydrogen) atoms. The number of pyridine rings is 2. The van der Waals surface area contributed by atoms with Crippen LogP contribution in [0.3, 0.4) is 0 Å². The van der Waals surface area contributed by atoms with Gasteiger partial charge < -0.3 is 15.1 Å². The number of piperidine rings is 2. The Morgan fingerprint density at radius 2 is 1.54 bits per heavy atom. The normalized spacial score (nSPS) is 20.4. The van der Waals surface area contributed by atoms with E-state index in [0.717, 1.165) is 101 Å². The number of Topliss-reactive ketones (excluding diaryl/α,β-unsaturated/α-hetero) is 1. The molecule has 3 aliphatic heterocycles. The van der Waals surface area contributed by atoms with Crippen LogP contribution in [-0.2, 0) is 9.59 Å². The highest BCUT2D eigenvalue weighted by atomic mass is 16.2. The third kappa shape index (κ3) is 7.33. The number of imide groups is 1. The van der Waals surface area contributed by atoms with Gasteiger partial charge in [0, 0.05) is 75.5 Å². The molecule has 13 nitrogen and oxygen atoms in total. The highest BCUT2D eigenvalue weighted by Gasteiger charge is 2.29. The van der Waals surface area contributed by atoms with E-state index >= 15 is 0 Å². The minimum atomic E-state index is -0.259. The van der Waals surface area contributed by atoms with E-state index in [2.05, 4.69) is 48.5 Å². The van der Waals surface area contributed by atoms with Crippen molar-refractivity contribution in [1.29, 1.82) is 0 Å². The van der Waals surface area contributed by atoms with Gasteiger partial charge in [-0.25, -0.2) is 9.97 Å². The zero-order valence-electron chi connectivity index (χ0n) is 31.2. The summed E-state index contributed by atoms with van der Waals surface area (Å²) in [4.78, 5) is 71.3. The number of ketones is 1. The molecule has 3 saturated heterocycles. The van der Waals surface area contributed by atoms with Crippen LogP contribution < -0.4 is 26.0 Å². The molecule has 1 saturated carbocycles. The SMILES string of the molecule is CC(=O)c1c(C)c2cnc(Nc3ccc(N4CCC(CN5CCN(c6ccc(C7CCC(=O)NC7=O)cc6)CC5)CC4)cn3)nc2n(C2CCCC2)c1=O. The second-order valence-corrected chi connectivity index (χ2v) is 15.4. The zero-order chi connectivity index (χ0) is 37.3. The van der Waals surface area contributed by atoms with Crippen LogP contribution in [0.2, 0.25) is 0 Å². The number of carbonyl (C=O) groups is 3. The minimum Gasteiger partial charge on any atom is -0.370 e. The number of rotatable bonds is 9. The summed E-state index contributed by atoms with van der Waals surface area (Å²) in [7, 11) is 0. The number of anilines is 4. The number of nitrogens with one attached hydrogen (secondary N) is 2. The Kier molecular flexibility index (Phi) is 10.1. The van der Waals surface area contributed by atoms with E-state index in [9.17, 15) is 19.2 Å². The number of amides is 2. The fourth-order valence-electron chi connectivity index (χ4n) is 8.93. The summed E-state index contributed by atoms with van der Waals surface area (Å²) in [5, 5.41) is 6.42. The Bertz CT molecular complexity index is 2090. The molecule has 1 aromatic carbocycles. The van der Waals surface area contributed by atoms with E-state index in [1.807, 2.05) is 24.4 Å². The topological polar surface area (TPSA) is 146 Å². The van der Waals surface area contributed by atoms with Gasteiger partial charge in [-0.15, -0.1) is 0 Å². The maximum atomic E-state index is 13.6. The van der Waals surface area contributed by atoms with Crippen LogP contribution in [0.5, 0.6) is 0 Å². The van der Waals surface area contributed by atoms with Crippen LogP contribution in [0.4, 0.5) is 23.1 Å². The van der Waals surface area contributed by atoms with Crippen molar-refractivity contribution in [1.82, 2.24) is 29.7 Å². The van der Waals surface area contributed by atoms with Crippen molar-refractivity contribution in [2.24, 2.45) is 5.92 Å². The van der Waals surface area contributed by atoms with Crippen molar-refractivity contribution in [2.45, 2.75) is 77.2 Å². The average Bonchev–Trinajstić information content (AvgIpc) is 3.71. The zero-order valence-corrected chi connectivity index (χ0v) is 31.2. The molecule has 1 unspecified atom stereocenters. The number of carbonyl (C=O) groups excluding carboxylic acids is 3. The predicted octanol–water partition coefficient (Wildman–Crippen LogP) is 5.12. The maximum absolute atomic E-state index is 13.6. The molecule has 6 heterocycles. The second kappa shape index (κ2) is 15.3. The molecule has 2 amide bonds. The van der Waals surface area contributed by atoms with E-state index in [-0.39, 0.29) is 40.7 Å². The summed E-state index contributed by atoms with van der Waals surface area (Å²) in [6.07, 6.45) is 10.8. The summed E-state index contributed by atoms with van der Waals surface area (Å²) in [6, 6.07) is 12.4. The highest BCUT2D eigenvalue weighted by molar-refractivity contribution is 6.01. The van der Waals surface area contributed by atoms with Gasteiger partial charge in [-0.1, -0.05) is 25.0 Å². The molecular formula is C41H49N9O4. The van der Waals surface area contributed by atoms with Gasteiger partial charge in [-0.2, -0.15) is 4.98 Å². The predicted molar refractivity (Wildman–Crippen MR) is 209 cm³/mol. The molecule has 2 N–H and O–H groups in total. The molecular weight excluding hydrogens is 683 g/mol. The molecule has 3 aromatic heterocycles. The summed E-state index contributed by atoms with van der Waals surface area (Å²) < 4.78 is 1.73. The molecule has 4 aliphatic rings. The van der Waals surface area contributed by atoms with Crippen molar-refractivity contribution in [3.8, 4) is 0 Å². The van der Waals surface area contributed by atoms with E-state index in [1.165, 1.54) is 12.6 Å². The number of piperazine rings is 1. The Hall–Kier alpha value is -5.17. The Balaban J connectivity index is 0.831. The lowest BCUT2D eigenvalue weighted by Crippen LogP contribution is -2.49. The van der Waals surface area contributed by atoms with Crippen LogP contribution in [0, 0.1) is 12.8 Å². The van der Waals surface area contributed by atoms with Crippen LogP contribution in [0.25, 0.3) is 11.0 Å². The molecule has 1 aliphatic carbocycles. The lowest BCUT2D eigenvalue weighted by Gasteiger charge is -2.40. The molecule has 282 valence electrons. The number of fused-ring (bicyclic) bond motifs is 1. The molecule has 0 spiro atoms. The lowest BCUT2D eigenvalue weighted by atomic mass is 9.90. The third-order valence-corrected chi connectivity index (χ3v) is 12.0. The smallest absolute Gasteiger partial charge is 0.263 e. The summed E-state index contributed by atoms with van der Waals surface area (Å²) in [6.45, 7) is 10.4. The van der Waals surface area contributed by atoms with Gasteiger partial charge in [-0.05, 0) is 87.3 Å². The molecule has 4 aromatic rings. The van der Waals surface area contributed by atoms with E-state index in [1.54, 1.807) is 17.7 Å². The van der Waals surface area contributed by atoms with Gasteiger partial charge in [0.1, 0.15) is 11.5 Å². The van der Waals surface area contributed by atoms with Crippen molar-refractivity contribution < 1.29 is 14.4 Å². The fourth-order valence-corrected chi connectivity index (χ4v) is 8.93. The van der Waals surface area contributed by atoms with Crippen LogP contribution >= 0.6 is 0 Å². The van der Waals surface area contributed by atoms with E-state index < -0.39 is 0 Å². The lowest BCUT2D eigenvalue weighted by molar-refractivity contribution is -0.134. The van der Waals surface area contributed by atoms with Gasteiger partial charge in [0.05, 0.1) is 23.4 Å². The first-order valence-corrected chi connectivity index (χ1v) is 19.5. The number of benzene rings is 1. The van der Waals surface area contributed by atoms with Crippen molar-refractivity contribution in [3.63, 3.8) is 0 Å². The molecule has 1 atom stereocenters. The van der Waals surface area contributed by atoms with Crippen molar-refractivity contribution in [3.05, 3.63) is 75.8 Å². The number of aromatic nitrogens is 4. The highest BCUT2D eigenvalue weighted by Crippen LogP contribution is 2.33. The van der Waals surface area contributed by atoms with Gasteiger partial charge in [0.15, 0.2) is 5.78 Å². The van der Waals surface area contributed by atoms with E-state index in [0.29, 0.717) is 41.7 Å². The second-order valence-electron chi connectivity index (χ2n) is 15.4. The van der Waals surface area contributed by atoms with Gasteiger partial charge in [-0.3, -0.25) is 34.0 Å². The van der Waals surface area contributed by atoms with Gasteiger partial charge >= 0.3 is 0 Å². The summed E-state index contributed by atoms with van der Waals surface area (Å²) >= 11 is 0. The molecule has 0 radical (unpaired) electrons. The summed E-state index contributed by atoms with van der Waals surface area (Å²) in [5.41, 5.74) is 4.41.